The van der Waals surface area contributed by atoms with Crippen molar-refractivity contribution in [2.75, 3.05) is 18.1 Å². The van der Waals surface area contributed by atoms with Gasteiger partial charge in [-0.25, -0.2) is 0 Å². The van der Waals surface area contributed by atoms with Crippen LogP contribution >= 0.6 is 0 Å². The minimum Gasteiger partial charge on any atom is -0.459 e. The Morgan fingerprint density at radius 1 is 1.32 bits per heavy atom. The van der Waals surface area contributed by atoms with Crippen LogP contribution in [-0.4, -0.2) is 22.3 Å². The Morgan fingerprint density at radius 2 is 2.11 bits per heavy atom. The third-order valence-corrected chi connectivity index (χ3v) is 4.45. The summed E-state index contributed by atoms with van der Waals surface area (Å²) in [5, 5.41) is 4.53. The van der Waals surface area contributed by atoms with E-state index in [1.54, 1.807) is 0 Å². The lowest BCUT2D eigenvalue weighted by Gasteiger charge is -2.15. The van der Waals surface area contributed by atoms with Gasteiger partial charge in [-0.15, -0.1) is 0 Å². The van der Waals surface area contributed by atoms with Crippen molar-refractivity contribution >= 4 is 21.8 Å². The van der Waals surface area contributed by atoms with Crippen LogP contribution in [-0.2, 0) is 10.8 Å². The van der Waals surface area contributed by atoms with Gasteiger partial charge in [0.05, 0.1) is 6.04 Å². The number of furan rings is 1. The normalized spacial score (nSPS) is 14.6. The smallest absolute Gasteiger partial charge is 0.134 e. The first-order chi connectivity index (χ1) is 9.24. The number of nitrogens with one attached hydrogen (secondary N) is 1. The molecule has 2 atom stereocenters. The number of hydrogen-bond donors (Lipinski definition) is 1. The molecule has 0 aliphatic heterocycles. The third-order valence-electron chi connectivity index (χ3n) is 3.10. The number of rotatable bonds is 7. The molecule has 104 valence electrons. The van der Waals surface area contributed by atoms with E-state index in [9.17, 15) is 4.21 Å². The lowest BCUT2D eigenvalue weighted by Crippen LogP contribution is -2.27. The lowest BCUT2D eigenvalue weighted by molar-refractivity contribution is 0.454. The van der Waals surface area contributed by atoms with Crippen LogP contribution in [0.3, 0.4) is 0 Å². The van der Waals surface area contributed by atoms with Crippen molar-refractivity contribution in [2.24, 2.45) is 0 Å². The van der Waals surface area contributed by atoms with E-state index in [1.165, 1.54) is 0 Å². The Kier molecular flexibility index (Phi) is 5.16. The maximum Gasteiger partial charge on any atom is 0.134 e. The topological polar surface area (TPSA) is 42.2 Å². The molecular weight excluding hydrogens is 258 g/mol. The summed E-state index contributed by atoms with van der Waals surface area (Å²) in [7, 11) is -0.805. The average Bonchev–Trinajstić information content (AvgIpc) is 2.86. The molecule has 4 heteroatoms. The second kappa shape index (κ2) is 6.87. The molecule has 1 N–H and O–H groups in total. The Bertz CT molecular complexity index is 517. The van der Waals surface area contributed by atoms with Crippen molar-refractivity contribution in [2.45, 2.75) is 26.3 Å². The van der Waals surface area contributed by atoms with Gasteiger partial charge in [-0.3, -0.25) is 4.21 Å². The highest BCUT2D eigenvalue weighted by Crippen LogP contribution is 2.24. The van der Waals surface area contributed by atoms with Gasteiger partial charge >= 0.3 is 0 Å². The summed E-state index contributed by atoms with van der Waals surface area (Å²) in [6.45, 7) is 4.98. The second-order valence-corrected chi connectivity index (χ2v) is 6.38. The van der Waals surface area contributed by atoms with Crippen molar-refractivity contribution < 1.29 is 8.63 Å². The van der Waals surface area contributed by atoms with Gasteiger partial charge in [-0.1, -0.05) is 32.0 Å². The van der Waals surface area contributed by atoms with E-state index in [0.29, 0.717) is 11.5 Å². The first kappa shape index (κ1) is 14.3. The Balaban J connectivity index is 2.22. The van der Waals surface area contributed by atoms with Crippen molar-refractivity contribution in [3.63, 3.8) is 0 Å². The van der Waals surface area contributed by atoms with Gasteiger partial charge in [0.25, 0.3) is 0 Å². The summed E-state index contributed by atoms with van der Waals surface area (Å²) in [5.41, 5.74) is 0.892. The average molecular weight is 279 g/mol. The fourth-order valence-electron chi connectivity index (χ4n) is 2.04. The van der Waals surface area contributed by atoms with E-state index >= 15 is 0 Å². The third kappa shape index (κ3) is 3.67. The molecular formula is C15H21NO2S. The minimum atomic E-state index is -0.805. The van der Waals surface area contributed by atoms with Crippen molar-refractivity contribution in [3.8, 4) is 0 Å². The first-order valence-electron chi connectivity index (χ1n) is 6.81. The van der Waals surface area contributed by atoms with Gasteiger partial charge < -0.3 is 9.73 Å². The highest BCUT2D eigenvalue weighted by molar-refractivity contribution is 7.84. The molecule has 1 aromatic heterocycles. The Morgan fingerprint density at radius 3 is 2.79 bits per heavy atom. The van der Waals surface area contributed by atoms with Crippen LogP contribution in [0.2, 0.25) is 0 Å². The van der Waals surface area contributed by atoms with Crippen molar-refractivity contribution in [3.05, 3.63) is 36.1 Å². The van der Waals surface area contributed by atoms with Crippen molar-refractivity contribution in [1.29, 1.82) is 0 Å². The van der Waals surface area contributed by atoms with Crippen LogP contribution in [0.1, 0.15) is 32.1 Å². The van der Waals surface area contributed by atoms with Gasteiger partial charge in [0, 0.05) is 27.7 Å². The molecule has 0 bridgehead atoms. The molecule has 0 aliphatic carbocycles. The molecule has 0 spiro atoms. The van der Waals surface area contributed by atoms with Gasteiger partial charge in [0.15, 0.2) is 0 Å². The van der Waals surface area contributed by atoms with Crippen LogP contribution in [0, 0.1) is 0 Å². The highest BCUT2D eigenvalue weighted by atomic mass is 32.2. The zero-order valence-corrected chi connectivity index (χ0v) is 12.3. The Labute approximate surface area is 116 Å². The molecule has 2 rings (SSSR count). The van der Waals surface area contributed by atoms with Gasteiger partial charge in [-0.2, -0.15) is 0 Å². The monoisotopic (exact) mass is 279 g/mol. The molecule has 19 heavy (non-hydrogen) atoms. The molecule has 1 heterocycles. The largest absolute Gasteiger partial charge is 0.459 e. The van der Waals surface area contributed by atoms with E-state index < -0.39 is 10.8 Å². The fourth-order valence-corrected chi connectivity index (χ4v) is 2.93. The zero-order valence-electron chi connectivity index (χ0n) is 11.5. The molecule has 2 aromatic rings. The SMILES string of the molecule is CCCNC(CS(=O)CC)c1cc2ccccc2o1. The molecule has 2 unspecified atom stereocenters. The molecule has 0 aliphatic rings. The molecule has 3 nitrogen and oxygen atoms in total. The van der Waals surface area contributed by atoms with E-state index in [4.69, 9.17) is 4.42 Å². The van der Waals surface area contributed by atoms with Gasteiger partial charge in [0.1, 0.15) is 11.3 Å². The Hall–Kier alpha value is -1.13. The number of fused-ring (bicyclic) bond motifs is 1. The lowest BCUT2D eigenvalue weighted by atomic mass is 10.2. The molecule has 1 aromatic carbocycles. The quantitative estimate of drug-likeness (QED) is 0.846. The second-order valence-electron chi connectivity index (χ2n) is 4.59. The van der Waals surface area contributed by atoms with E-state index in [-0.39, 0.29) is 6.04 Å². The van der Waals surface area contributed by atoms with E-state index in [0.717, 1.165) is 29.7 Å². The van der Waals surface area contributed by atoms with Crippen LogP contribution in [0.4, 0.5) is 0 Å². The summed E-state index contributed by atoms with van der Waals surface area (Å²) in [6.07, 6.45) is 1.05. The number of para-hydroxylation sites is 1. The summed E-state index contributed by atoms with van der Waals surface area (Å²) in [4.78, 5) is 0. The summed E-state index contributed by atoms with van der Waals surface area (Å²) < 4.78 is 17.7. The predicted molar refractivity (Wildman–Crippen MR) is 80.8 cm³/mol. The molecule has 0 saturated carbocycles. The van der Waals surface area contributed by atoms with E-state index in [1.807, 2.05) is 31.2 Å². The zero-order chi connectivity index (χ0) is 13.7. The highest BCUT2D eigenvalue weighted by Gasteiger charge is 2.17. The fraction of sp³-hybridized carbons (Fsp3) is 0.467. The minimum absolute atomic E-state index is 0.0353. The molecule has 0 fully saturated rings. The predicted octanol–water partition coefficient (Wildman–Crippen LogP) is 3.24. The standard InChI is InChI=1S/C15H21NO2S/c1-3-9-16-13(11-19(17)4-2)15-10-12-7-5-6-8-14(12)18-15/h5-8,10,13,16H,3-4,9,11H2,1-2H3. The van der Waals surface area contributed by atoms with Crippen LogP contribution in [0.15, 0.2) is 34.7 Å². The maximum atomic E-state index is 11.8. The van der Waals surface area contributed by atoms with Crippen LogP contribution < -0.4 is 5.32 Å². The van der Waals surface area contributed by atoms with Crippen LogP contribution in [0.5, 0.6) is 0 Å². The van der Waals surface area contributed by atoms with Crippen LogP contribution in [0.25, 0.3) is 11.0 Å². The maximum absolute atomic E-state index is 11.8. The van der Waals surface area contributed by atoms with E-state index in [2.05, 4.69) is 18.3 Å². The van der Waals surface area contributed by atoms with Gasteiger partial charge in [0.2, 0.25) is 0 Å². The number of benzene rings is 1. The molecule has 0 radical (unpaired) electrons. The summed E-state index contributed by atoms with van der Waals surface area (Å²) in [6, 6.07) is 10.1. The summed E-state index contributed by atoms with van der Waals surface area (Å²) in [5.74, 6) is 2.18. The molecule has 0 saturated heterocycles. The van der Waals surface area contributed by atoms with Gasteiger partial charge in [-0.05, 0) is 25.1 Å². The first-order valence-corrected chi connectivity index (χ1v) is 8.30. The number of hydrogen-bond acceptors (Lipinski definition) is 3. The molecule has 0 amide bonds. The van der Waals surface area contributed by atoms with Crippen molar-refractivity contribution in [1.82, 2.24) is 5.32 Å². The summed E-state index contributed by atoms with van der Waals surface area (Å²) >= 11 is 0.